The molecule has 0 fully saturated rings. The van der Waals surface area contributed by atoms with E-state index in [0.29, 0.717) is 16.7 Å². The predicted molar refractivity (Wildman–Crippen MR) is 138 cm³/mol. The molecule has 1 atom stereocenters. The summed E-state index contributed by atoms with van der Waals surface area (Å²) >= 11 is 3.43. The van der Waals surface area contributed by atoms with Crippen LogP contribution in [0.15, 0.2) is 53.7 Å². The SMILES string of the molecule is CC(C)[C@@H](NC(=O)c1cccc([N+](=O)[O-])c1)c1nnc(SCC(=O)Nc2ccc(I)cc2)n1C. The molecule has 0 aliphatic carbocycles. The first kappa shape index (κ1) is 25.6. The van der Waals surface area contributed by atoms with E-state index in [4.69, 9.17) is 0 Å². The number of carbonyl (C=O) groups is 2. The number of nitrogens with zero attached hydrogens (tertiary/aromatic N) is 4. The van der Waals surface area contributed by atoms with Crippen molar-refractivity contribution in [3.8, 4) is 0 Å². The average molecular weight is 594 g/mol. The Morgan fingerprint density at radius 3 is 2.53 bits per heavy atom. The topological polar surface area (TPSA) is 132 Å². The zero-order valence-electron chi connectivity index (χ0n) is 18.7. The first-order chi connectivity index (χ1) is 16.2. The molecule has 3 rings (SSSR count). The second-order valence-electron chi connectivity index (χ2n) is 7.75. The van der Waals surface area contributed by atoms with E-state index in [1.165, 1.54) is 36.0 Å². The summed E-state index contributed by atoms with van der Waals surface area (Å²) < 4.78 is 2.81. The first-order valence-corrected chi connectivity index (χ1v) is 12.3. The molecule has 1 aromatic heterocycles. The number of anilines is 1. The number of thioether (sulfide) groups is 1. The van der Waals surface area contributed by atoms with Crippen molar-refractivity contribution in [2.75, 3.05) is 11.1 Å². The van der Waals surface area contributed by atoms with Gasteiger partial charge in [0.05, 0.1) is 16.7 Å². The van der Waals surface area contributed by atoms with Gasteiger partial charge in [0.25, 0.3) is 11.6 Å². The fourth-order valence-corrected chi connectivity index (χ4v) is 4.18. The highest BCUT2D eigenvalue weighted by atomic mass is 127. The lowest BCUT2D eigenvalue weighted by atomic mass is 10.0. The number of aromatic nitrogens is 3. The predicted octanol–water partition coefficient (Wildman–Crippen LogP) is 4.19. The Morgan fingerprint density at radius 2 is 1.88 bits per heavy atom. The standard InChI is InChI=1S/C22H23IN6O4S/c1-13(2)19(25-21(31)14-5-4-6-17(11-14)29(32)33)20-26-27-22(28(20)3)34-12-18(30)24-16-9-7-15(23)8-10-16/h4-11,13,19H,12H2,1-3H3,(H,24,30)(H,25,31)/t19-/m1/s1. The van der Waals surface area contributed by atoms with Gasteiger partial charge in [-0.25, -0.2) is 0 Å². The van der Waals surface area contributed by atoms with Crippen LogP contribution in [0, 0.1) is 19.6 Å². The van der Waals surface area contributed by atoms with Crippen molar-refractivity contribution in [2.45, 2.75) is 25.0 Å². The van der Waals surface area contributed by atoms with Crippen LogP contribution >= 0.6 is 34.4 Å². The van der Waals surface area contributed by atoms with E-state index in [1.54, 1.807) is 11.6 Å². The molecule has 2 N–H and O–H groups in total. The summed E-state index contributed by atoms with van der Waals surface area (Å²) in [6.07, 6.45) is 0. The summed E-state index contributed by atoms with van der Waals surface area (Å²) in [6, 6.07) is 12.6. The molecule has 0 aliphatic heterocycles. The molecule has 1 heterocycles. The van der Waals surface area contributed by atoms with E-state index in [9.17, 15) is 19.7 Å². The van der Waals surface area contributed by atoms with Gasteiger partial charge in [0.1, 0.15) is 0 Å². The number of hydrogen-bond donors (Lipinski definition) is 2. The quantitative estimate of drug-likeness (QED) is 0.164. The van der Waals surface area contributed by atoms with E-state index in [1.807, 2.05) is 38.1 Å². The summed E-state index contributed by atoms with van der Waals surface area (Å²) in [5, 5.41) is 25.7. The molecular weight excluding hydrogens is 571 g/mol. The number of non-ortho nitro benzene ring substituents is 1. The second kappa shape index (κ2) is 11.4. The van der Waals surface area contributed by atoms with E-state index in [-0.39, 0.29) is 28.8 Å². The molecule has 0 aliphatic rings. The monoisotopic (exact) mass is 594 g/mol. The Hall–Kier alpha value is -3.00. The van der Waals surface area contributed by atoms with Crippen molar-refractivity contribution >= 4 is 57.5 Å². The molecule has 2 amide bonds. The molecular formula is C22H23IN6O4S. The minimum absolute atomic E-state index is 0.0347. The van der Waals surface area contributed by atoms with Gasteiger partial charge in [0.15, 0.2) is 11.0 Å². The molecule has 0 saturated carbocycles. The van der Waals surface area contributed by atoms with E-state index >= 15 is 0 Å². The highest BCUT2D eigenvalue weighted by Crippen LogP contribution is 2.25. The molecule has 0 unspecified atom stereocenters. The van der Waals surface area contributed by atoms with Crippen molar-refractivity contribution in [1.29, 1.82) is 0 Å². The first-order valence-electron chi connectivity index (χ1n) is 10.3. The zero-order valence-corrected chi connectivity index (χ0v) is 21.7. The lowest BCUT2D eigenvalue weighted by molar-refractivity contribution is -0.384. The minimum atomic E-state index is -0.544. The molecule has 3 aromatic rings. The van der Waals surface area contributed by atoms with Gasteiger partial charge in [-0.1, -0.05) is 31.7 Å². The number of carbonyl (C=O) groups excluding carboxylic acids is 2. The lowest BCUT2D eigenvalue weighted by Gasteiger charge is -2.21. The Morgan fingerprint density at radius 1 is 1.18 bits per heavy atom. The van der Waals surface area contributed by atoms with E-state index < -0.39 is 16.9 Å². The third kappa shape index (κ3) is 6.53. The van der Waals surface area contributed by atoms with Gasteiger partial charge in [-0.3, -0.25) is 19.7 Å². The van der Waals surface area contributed by atoms with Crippen molar-refractivity contribution in [3.63, 3.8) is 0 Å². The highest BCUT2D eigenvalue weighted by molar-refractivity contribution is 14.1. The number of halogens is 1. The maximum atomic E-state index is 12.8. The number of amides is 2. The Kier molecular flexibility index (Phi) is 8.61. The number of hydrogen-bond acceptors (Lipinski definition) is 7. The maximum Gasteiger partial charge on any atom is 0.270 e. The average Bonchev–Trinajstić information content (AvgIpc) is 3.17. The van der Waals surface area contributed by atoms with Crippen LogP contribution in [0.25, 0.3) is 0 Å². The van der Waals surface area contributed by atoms with Gasteiger partial charge in [0, 0.05) is 34.0 Å². The van der Waals surface area contributed by atoms with Crippen molar-refractivity contribution < 1.29 is 14.5 Å². The van der Waals surface area contributed by atoms with Gasteiger partial charge in [-0.15, -0.1) is 10.2 Å². The number of nitro benzene ring substituents is 1. The Balaban J connectivity index is 1.68. The Labute approximate surface area is 214 Å². The number of benzene rings is 2. The lowest BCUT2D eigenvalue weighted by Crippen LogP contribution is -2.33. The third-order valence-electron chi connectivity index (χ3n) is 4.88. The summed E-state index contributed by atoms with van der Waals surface area (Å²) in [5.74, 6) is 0.0122. The van der Waals surface area contributed by atoms with Gasteiger partial charge in [0.2, 0.25) is 5.91 Å². The molecule has 0 saturated heterocycles. The summed E-state index contributed by atoms with van der Waals surface area (Å²) in [5.41, 5.74) is 0.742. The zero-order chi connectivity index (χ0) is 24.8. The summed E-state index contributed by atoms with van der Waals surface area (Å²) in [4.78, 5) is 35.6. The third-order valence-corrected chi connectivity index (χ3v) is 6.62. The second-order valence-corrected chi connectivity index (χ2v) is 9.93. The van der Waals surface area contributed by atoms with E-state index in [0.717, 1.165) is 3.57 Å². The van der Waals surface area contributed by atoms with Crippen LogP contribution in [0.2, 0.25) is 0 Å². The summed E-state index contributed by atoms with van der Waals surface area (Å²) in [7, 11) is 1.77. The normalized spacial score (nSPS) is 11.8. The van der Waals surface area contributed by atoms with Crippen LogP contribution in [0.5, 0.6) is 0 Å². The maximum absolute atomic E-state index is 12.8. The molecule has 34 heavy (non-hydrogen) atoms. The van der Waals surface area contributed by atoms with E-state index in [2.05, 4.69) is 43.4 Å². The number of nitrogens with one attached hydrogen (secondary N) is 2. The van der Waals surface area contributed by atoms with Crippen LogP contribution < -0.4 is 10.6 Å². The van der Waals surface area contributed by atoms with Crippen LogP contribution in [0.1, 0.15) is 36.1 Å². The van der Waals surface area contributed by atoms with Crippen LogP contribution in [-0.2, 0) is 11.8 Å². The van der Waals surface area contributed by atoms with Gasteiger partial charge in [-0.2, -0.15) is 0 Å². The largest absolute Gasteiger partial charge is 0.342 e. The highest BCUT2D eigenvalue weighted by Gasteiger charge is 2.26. The summed E-state index contributed by atoms with van der Waals surface area (Å²) in [6.45, 7) is 3.85. The van der Waals surface area contributed by atoms with Gasteiger partial charge >= 0.3 is 0 Å². The molecule has 10 nitrogen and oxygen atoms in total. The smallest absolute Gasteiger partial charge is 0.270 e. The molecule has 2 aromatic carbocycles. The molecule has 0 spiro atoms. The van der Waals surface area contributed by atoms with Gasteiger partial charge < -0.3 is 15.2 Å². The van der Waals surface area contributed by atoms with Crippen molar-refractivity contribution in [3.05, 3.63) is 73.6 Å². The fraction of sp³-hybridized carbons (Fsp3) is 0.273. The van der Waals surface area contributed by atoms with Crippen molar-refractivity contribution in [1.82, 2.24) is 20.1 Å². The number of nitro groups is 1. The van der Waals surface area contributed by atoms with Crippen LogP contribution in [0.4, 0.5) is 11.4 Å². The van der Waals surface area contributed by atoms with Crippen LogP contribution in [-0.4, -0.2) is 37.3 Å². The van der Waals surface area contributed by atoms with Crippen molar-refractivity contribution in [2.24, 2.45) is 13.0 Å². The van der Waals surface area contributed by atoms with Gasteiger partial charge in [-0.05, 0) is 58.8 Å². The number of rotatable bonds is 9. The minimum Gasteiger partial charge on any atom is -0.342 e. The van der Waals surface area contributed by atoms with Crippen LogP contribution in [0.3, 0.4) is 0 Å². The molecule has 0 radical (unpaired) electrons. The molecule has 12 heteroatoms. The molecule has 178 valence electrons. The Bertz CT molecular complexity index is 1200. The fourth-order valence-electron chi connectivity index (χ4n) is 3.10. The molecule has 0 bridgehead atoms.